The number of fused-ring (bicyclic) bond motifs is 1. The molecule has 0 aliphatic heterocycles. The van der Waals surface area contributed by atoms with Gasteiger partial charge in [-0.05, 0) is 18.2 Å². The predicted molar refractivity (Wildman–Crippen MR) is 79.2 cm³/mol. The van der Waals surface area contributed by atoms with E-state index in [2.05, 4.69) is 4.98 Å². The molecule has 20 heavy (non-hydrogen) atoms. The molecule has 2 heterocycles. The highest BCUT2D eigenvalue weighted by Crippen LogP contribution is 2.28. The molecule has 0 bridgehead atoms. The minimum atomic E-state index is -0.0159. The maximum atomic E-state index is 12.5. The van der Waals surface area contributed by atoms with Crippen LogP contribution in [-0.4, -0.2) is 25.0 Å². The largest absolute Gasteiger partial charge is 0.497 e. The van der Waals surface area contributed by atoms with Crippen molar-refractivity contribution in [1.82, 2.24) is 4.98 Å². The fraction of sp³-hybridized carbons (Fsp3) is 0.133. The van der Waals surface area contributed by atoms with Gasteiger partial charge in [0, 0.05) is 34.1 Å². The summed E-state index contributed by atoms with van der Waals surface area (Å²) in [6.07, 6.45) is 1.73. The lowest BCUT2D eigenvalue weighted by molar-refractivity contribution is 0.104. The topological polar surface area (TPSA) is 51.3 Å². The van der Waals surface area contributed by atoms with Crippen molar-refractivity contribution in [3.63, 3.8) is 0 Å². The zero-order chi connectivity index (χ0) is 14.1. The van der Waals surface area contributed by atoms with Crippen molar-refractivity contribution < 1.29 is 14.3 Å². The number of nitrogens with one attached hydrogen (secondary N) is 1. The molecule has 0 amide bonds. The van der Waals surface area contributed by atoms with E-state index in [1.807, 2.05) is 23.6 Å². The Hall–Kier alpha value is -2.27. The van der Waals surface area contributed by atoms with E-state index >= 15 is 0 Å². The molecule has 0 saturated carbocycles. The molecular formula is C15H13NO3S. The summed E-state index contributed by atoms with van der Waals surface area (Å²) in [5, 5.41) is 2.68. The number of ether oxygens (including phenoxy) is 2. The van der Waals surface area contributed by atoms with Crippen molar-refractivity contribution in [2.24, 2.45) is 0 Å². The van der Waals surface area contributed by atoms with Crippen LogP contribution in [0.25, 0.3) is 10.9 Å². The molecule has 0 saturated heterocycles. The summed E-state index contributed by atoms with van der Waals surface area (Å²) in [7, 11) is 3.20. The average molecular weight is 287 g/mol. The van der Waals surface area contributed by atoms with Crippen LogP contribution >= 0.6 is 11.3 Å². The van der Waals surface area contributed by atoms with E-state index in [0.29, 0.717) is 16.2 Å². The highest BCUT2D eigenvalue weighted by atomic mass is 32.1. The Morgan fingerprint density at radius 2 is 1.95 bits per heavy atom. The molecule has 0 radical (unpaired) electrons. The third-order valence-corrected chi connectivity index (χ3v) is 4.08. The Labute approximate surface area is 120 Å². The first kappa shape index (κ1) is 12.7. The molecule has 2 aromatic heterocycles. The first-order valence-corrected chi connectivity index (χ1v) is 6.93. The molecule has 0 atom stereocenters. The van der Waals surface area contributed by atoms with E-state index in [4.69, 9.17) is 9.47 Å². The molecule has 0 unspecified atom stereocenters. The summed E-state index contributed by atoms with van der Waals surface area (Å²) < 4.78 is 10.3. The lowest BCUT2D eigenvalue weighted by atomic mass is 10.1. The van der Waals surface area contributed by atoms with Crippen molar-refractivity contribution in [2.45, 2.75) is 0 Å². The number of H-pyrrole nitrogens is 1. The molecule has 1 N–H and O–H groups in total. The van der Waals surface area contributed by atoms with Crippen LogP contribution in [0.2, 0.25) is 0 Å². The van der Waals surface area contributed by atoms with Crippen molar-refractivity contribution >= 4 is 28.0 Å². The predicted octanol–water partition coefficient (Wildman–Crippen LogP) is 3.48. The molecule has 3 aromatic rings. The average Bonchev–Trinajstić information content (AvgIpc) is 3.12. The highest BCUT2D eigenvalue weighted by Gasteiger charge is 2.16. The van der Waals surface area contributed by atoms with Gasteiger partial charge >= 0.3 is 0 Å². The van der Waals surface area contributed by atoms with Gasteiger partial charge in [-0.15, -0.1) is 11.3 Å². The SMILES string of the molecule is COc1csc(C(=O)c2c[nH]c3ccc(OC)cc23)c1. The Balaban J connectivity index is 2.06. The fourth-order valence-corrected chi connectivity index (χ4v) is 2.90. The Morgan fingerprint density at radius 1 is 1.15 bits per heavy atom. The van der Waals surface area contributed by atoms with Gasteiger partial charge in [0.25, 0.3) is 0 Å². The van der Waals surface area contributed by atoms with Gasteiger partial charge in [0.1, 0.15) is 11.5 Å². The monoisotopic (exact) mass is 287 g/mol. The van der Waals surface area contributed by atoms with Crippen molar-refractivity contribution in [3.8, 4) is 11.5 Å². The second-order valence-corrected chi connectivity index (χ2v) is 5.21. The zero-order valence-corrected chi connectivity index (χ0v) is 11.9. The molecule has 0 fully saturated rings. The standard InChI is InChI=1S/C15H13NO3S/c1-18-9-3-4-13-11(5-9)12(7-16-13)15(17)14-6-10(19-2)8-20-14/h3-8,16H,1-2H3. The maximum absolute atomic E-state index is 12.5. The van der Waals surface area contributed by atoms with Gasteiger partial charge in [-0.3, -0.25) is 4.79 Å². The highest BCUT2D eigenvalue weighted by molar-refractivity contribution is 7.12. The van der Waals surface area contributed by atoms with Crippen molar-refractivity contribution in [2.75, 3.05) is 14.2 Å². The summed E-state index contributed by atoms with van der Waals surface area (Å²) in [5.74, 6) is 1.42. The quantitative estimate of drug-likeness (QED) is 0.747. The first-order chi connectivity index (χ1) is 9.72. The number of ketones is 1. The van der Waals surface area contributed by atoms with E-state index in [1.165, 1.54) is 11.3 Å². The Bertz CT molecular complexity index is 772. The lowest BCUT2D eigenvalue weighted by Gasteiger charge is -2.00. The third kappa shape index (κ3) is 2.06. The van der Waals surface area contributed by atoms with Crippen LogP contribution in [-0.2, 0) is 0 Å². The van der Waals surface area contributed by atoms with Crippen LogP contribution in [0.5, 0.6) is 11.5 Å². The van der Waals surface area contributed by atoms with Gasteiger partial charge in [0.2, 0.25) is 5.78 Å². The van der Waals surface area contributed by atoms with Crippen LogP contribution in [0.1, 0.15) is 15.2 Å². The number of hydrogen-bond acceptors (Lipinski definition) is 4. The number of carbonyl (C=O) groups is 1. The van der Waals surface area contributed by atoms with Crippen LogP contribution in [0, 0.1) is 0 Å². The number of carbonyl (C=O) groups excluding carboxylic acids is 1. The van der Waals surface area contributed by atoms with E-state index in [0.717, 1.165) is 16.7 Å². The van der Waals surface area contributed by atoms with Gasteiger partial charge in [0.15, 0.2) is 0 Å². The normalized spacial score (nSPS) is 10.7. The van der Waals surface area contributed by atoms with Gasteiger partial charge < -0.3 is 14.5 Å². The van der Waals surface area contributed by atoms with Crippen LogP contribution < -0.4 is 9.47 Å². The number of benzene rings is 1. The second kappa shape index (κ2) is 5.02. The number of methoxy groups -OCH3 is 2. The first-order valence-electron chi connectivity index (χ1n) is 6.05. The number of thiophene rings is 1. The second-order valence-electron chi connectivity index (χ2n) is 4.29. The molecule has 5 heteroatoms. The van der Waals surface area contributed by atoms with Gasteiger partial charge in [0.05, 0.1) is 19.1 Å². The third-order valence-electron chi connectivity index (χ3n) is 3.17. The molecule has 102 valence electrons. The van der Waals surface area contributed by atoms with E-state index in [9.17, 15) is 4.79 Å². The number of hydrogen-bond donors (Lipinski definition) is 1. The summed E-state index contributed by atoms with van der Waals surface area (Å²) >= 11 is 1.38. The van der Waals surface area contributed by atoms with Crippen molar-refractivity contribution in [1.29, 1.82) is 0 Å². The van der Waals surface area contributed by atoms with E-state index in [-0.39, 0.29) is 5.78 Å². The number of aromatic amines is 1. The number of aromatic nitrogens is 1. The molecular weight excluding hydrogens is 274 g/mol. The minimum Gasteiger partial charge on any atom is -0.497 e. The molecule has 0 aliphatic rings. The Morgan fingerprint density at radius 3 is 2.65 bits per heavy atom. The summed E-state index contributed by atoms with van der Waals surface area (Å²) in [4.78, 5) is 16.3. The zero-order valence-electron chi connectivity index (χ0n) is 11.1. The molecule has 0 spiro atoms. The summed E-state index contributed by atoms with van der Waals surface area (Å²) in [6.45, 7) is 0. The van der Waals surface area contributed by atoms with E-state index < -0.39 is 0 Å². The number of rotatable bonds is 4. The molecule has 1 aromatic carbocycles. The molecule has 3 rings (SSSR count). The smallest absolute Gasteiger partial charge is 0.205 e. The van der Waals surface area contributed by atoms with E-state index in [1.54, 1.807) is 26.5 Å². The summed E-state index contributed by atoms with van der Waals surface area (Å²) in [5.41, 5.74) is 1.56. The fourth-order valence-electron chi connectivity index (χ4n) is 2.09. The van der Waals surface area contributed by atoms with Gasteiger partial charge in [-0.2, -0.15) is 0 Å². The van der Waals surface area contributed by atoms with Crippen LogP contribution in [0.4, 0.5) is 0 Å². The van der Waals surface area contributed by atoms with Gasteiger partial charge in [-0.25, -0.2) is 0 Å². The van der Waals surface area contributed by atoms with Crippen LogP contribution in [0.3, 0.4) is 0 Å². The van der Waals surface area contributed by atoms with Gasteiger partial charge in [-0.1, -0.05) is 0 Å². The van der Waals surface area contributed by atoms with Crippen LogP contribution in [0.15, 0.2) is 35.8 Å². The molecule has 4 nitrogen and oxygen atoms in total. The Kier molecular flexibility index (Phi) is 3.20. The minimum absolute atomic E-state index is 0.0159. The summed E-state index contributed by atoms with van der Waals surface area (Å²) in [6, 6.07) is 7.39. The maximum Gasteiger partial charge on any atom is 0.205 e. The lowest BCUT2D eigenvalue weighted by Crippen LogP contribution is -1.97. The molecule has 0 aliphatic carbocycles. The van der Waals surface area contributed by atoms with Crippen molar-refractivity contribution in [3.05, 3.63) is 46.3 Å².